The Morgan fingerprint density at radius 3 is 3.11 bits per heavy atom. The molecule has 0 spiro atoms. The van der Waals surface area contributed by atoms with Gasteiger partial charge >= 0.3 is 5.97 Å². The number of rotatable bonds is 5. The van der Waals surface area contributed by atoms with Crippen molar-refractivity contribution in [3.63, 3.8) is 0 Å². The minimum atomic E-state index is -0.280. The predicted octanol–water partition coefficient (Wildman–Crippen LogP) is 1.70. The summed E-state index contributed by atoms with van der Waals surface area (Å²) in [6.45, 7) is 5.44. The molecule has 1 aliphatic heterocycles. The van der Waals surface area contributed by atoms with Gasteiger partial charge in [0.05, 0.1) is 13.2 Å². The summed E-state index contributed by atoms with van der Waals surface area (Å²) in [6.07, 6.45) is 0. The second kappa shape index (κ2) is 5.87. The SMILES string of the molecule is CCOC(=O)C(C)NCC1COc2ccccc21. The molecule has 0 saturated heterocycles. The highest BCUT2D eigenvalue weighted by molar-refractivity contribution is 5.75. The maximum absolute atomic E-state index is 11.5. The van der Waals surface area contributed by atoms with Gasteiger partial charge in [-0.2, -0.15) is 0 Å². The molecule has 4 nitrogen and oxygen atoms in total. The van der Waals surface area contributed by atoms with E-state index in [0.29, 0.717) is 19.1 Å². The Balaban J connectivity index is 1.87. The van der Waals surface area contributed by atoms with Gasteiger partial charge in [-0.25, -0.2) is 0 Å². The molecule has 0 fully saturated rings. The van der Waals surface area contributed by atoms with Gasteiger partial charge in [-0.15, -0.1) is 0 Å². The molecule has 0 saturated carbocycles. The lowest BCUT2D eigenvalue weighted by molar-refractivity contribution is -0.145. The Kier molecular flexibility index (Phi) is 4.20. The van der Waals surface area contributed by atoms with Crippen LogP contribution in [0.3, 0.4) is 0 Å². The second-order valence-corrected chi connectivity index (χ2v) is 4.43. The molecule has 2 rings (SSSR count). The topological polar surface area (TPSA) is 47.6 Å². The summed E-state index contributed by atoms with van der Waals surface area (Å²) < 4.78 is 10.6. The van der Waals surface area contributed by atoms with Crippen molar-refractivity contribution < 1.29 is 14.3 Å². The quantitative estimate of drug-likeness (QED) is 0.807. The van der Waals surface area contributed by atoms with E-state index in [4.69, 9.17) is 9.47 Å². The van der Waals surface area contributed by atoms with E-state index in [0.717, 1.165) is 12.3 Å². The van der Waals surface area contributed by atoms with E-state index in [2.05, 4.69) is 11.4 Å². The van der Waals surface area contributed by atoms with Gasteiger partial charge < -0.3 is 14.8 Å². The number of para-hydroxylation sites is 1. The first-order valence-corrected chi connectivity index (χ1v) is 6.34. The minimum Gasteiger partial charge on any atom is -0.493 e. The number of hydrogen-bond donors (Lipinski definition) is 1. The van der Waals surface area contributed by atoms with E-state index in [1.807, 2.05) is 32.0 Å². The number of hydrogen-bond acceptors (Lipinski definition) is 4. The number of ether oxygens (including phenoxy) is 2. The molecule has 1 aromatic rings. The molecular formula is C14H19NO3. The van der Waals surface area contributed by atoms with E-state index < -0.39 is 0 Å². The number of carbonyl (C=O) groups is 1. The number of fused-ring (bicyclic) bond motifs is 1. The zero-order chi connectivity index (χ0) is 13.0. The second-order valence-electron chi connectivity index (χ2n) is 4.43. The molecule has 1 aliphatic rings. The monoisotopic (exact) mass is 249 g/mol. The molecule has 2 unspecified atom stereocenters. The van der Waals surface area contributed by atoms with Gasteiger partial charge in [0.25, 0.3) is 0 Å². The molecule has 0 amide bonds. The lowest BCUT2D eigenvalue weighted by Crippen LogP contribution is -2.38. The summed E-state index contributed by atoms with van der Waals surface area (Å²) in [5.41, 5.74) is 1.21. The summed E-state index contributed by atoms with van der Waals surface area (Å²) in [4.78, 5) is 11.5. The van der Waals surface area contributed by atoms with E-state index in [9.17, 15) is 4.79 Å². The van der Waals surface area contributed by atoms with E-state index >= 15 is 0 Å². The van der Waals surface area contributed by atoms with Crippen LogP contribution in [0, 0.1) is 0 Å². The van der Waals surface area contributed by atoms with Crippen LogP contribution in [0.15, 0.2) is 24.3 Å². The van der Waals surface area contributed by atoms with Crippen molar-refractivity contribution in [3.8, 4) is 5.75 Å². The molecule has 98 valence electrons. The van der Waals surface area contributed by atoms with Crippen LogP contribution in [0.5, 0.6) is 5.75 Å². The van der Waals surface area contributed by atoms with Gasteiger partial charge in [0.1, 0.15) is 11.8 Å². The average molecular weight is 249 g/mol. The van der Waals surface area contributed by atoms with Gasteiger partial charge in [0.15, 0.2) is 0 Å². The summed E-state index contributed by atoms with van der Waals surface area (Å²) >= 11 is 0. The zero-order valence-electron chi connectivity index (χ0n) is 10.8. The molecule has 0 aliphatic carbocycles. The molecular weight excluding hydrogens is 230 g/mol. The van der Waals surface area contributed by atoms with Gasteiger partial charge in [-0.05, 0) is 19.9 Å². The Hall–Kier alpha value is -1.55. The summed E-state index contributed by atoms with van der Waals surface area (Å²) in [7, 11) is 0. The number of carbonyl (C=O) groups excluding carboxylic acids is 1. The largest absolute Gasteiger partial charge is 0.493 e. The van der Waals surface area contributed by atoms with Gasteiger partial charge in [-0.1, -0.05) is 18.2 Å². The maximum atomic E-state index is 11.5. The maximum Gasteiger partial charge on any atom is 0.322 e. The first-order valence-electron chi connectivity index (χ1n) is 6.34. The van der Waals surface area contributed by atoms with Gasteiger partial charge in [-0.3, -0.25) is 4.79 Å². The van der Waals surface area contributed by atoms with E-state index in [1.54, 1.807) is 0 Å². The molecule has 2 atom stereocenters. The van der Waals surface area contributed by atoms with Gasteiger partial charge in [0.2, 0.25) is 0 Å². The third-order valence-electron chi connectivity index (χ3n) is 3.11. The molecule has 1 heterocycles. The lowest BCUT2D eigenvalue weighted by Gasteiger charge is -2.15. The van der Waals surface area contributed by atoms with Crippen molar-refractivity contribution in [2.45, 2.75) is 25.8 Å². The van der Waals surface area contributed by atoms with Crippen molar-refractivity contribution >= 4 is 5.97 Å². The number of esters is 1. The summed E-state index contributed by atoms with van der Waals surface area (Å²) in [6, 6.07) is 7.75. The minimum absolute atomic E-state index is 0.204. The van der Waals surface area contributed by atoms with Gasteiger partial charge in [0, 0.05) is 18.0 Å². The Morgan fingerprint density at radius 1 is 1.56 bits per heavy atom. The lowest BCUT2D eigenvalue weighted by atomic mass is 10.0. The van der Waals surface area contributed by atoms with Crippen LogP contribution in [0.1, 0.15) is 25.3 Å². The standard InChI is InChI=1S/C14H19NO3/c1-3-17-14(16)10(2)15-8-11-9-18-13-7-5-4-6-12(11)13/h4-7,10-11,15H,3,8-9H2,1-2H3. The third-order valence-corrected chi connectivity index (χ3v) is 3.11. The van der Waals surface area contributed by atoms with Crippen LogP contribution < -0.4 is 10.1 Å². The molecule has 0 bridgehead atoms. The zero-order valence-corrected chi connectivity index (χ0v) is 10.8. The normalized spacial score (nSPS) is 18.9. The van der Waals surface area contributed by atoms with Crippen LogP contribution in [-0.4, -0.2) is 31.8 Å². The number of nitrogens with one attached hydrogen (secondary N) is 1. The van der Waals surface area contributed by atoms with E-state index in [-0.39, 0.29) is 12.0 Å². The van der Waals surface area contributed by atoms with Crippen LogP contribution in [0.4, 0.5) is 0 Å². The van der Waals surface area contributed by atoms with Crippen molar-refractivity contribution in [2.24, 2.45) is 0 Å². The first kappa shape index (κ1) is 12.9. The molecule has 4 heteroatoms. The fourth-order valence-corrected chi connectivity index (χ4v) is 2.07. The third kappa shape index (κ3) is 2.82. The van der Waals surface area contributed by atoms with Crippen molar-refractivity contribution in [1.82, 2.24) is 5.32 Å². The Morgan fingerprint density at radius 2 is 2.33 bits per heavy atom. The fraction of sp³-hybridized carbons (Fsp3) is 0.500. The fourth-order valence-electron chi connectivity index (χ4n) is 2.07. The molecule has 0 aromatic heterocycles. The highest BCUT2D eigenvalue weighted by Gasteiger charge is 2.24. The predicted molar refractivity (Wildman–Crippen MR) is 68.8 cm³/mol. The summed E-state index contributed by atoms with van der Waals surface area (Å²) in [5.74, 6) is 1.05. The van der Waals surface area contributed by atoms with Crippen LogP contribution in [0.2, 0.25) is 0 Å². The number of benzene rings is 1. The Bertz CT molecular complexity index is 419. The molecule has 18 heavy (non-hydrogen) atoms. The smallest absolute Gasteiger partial charge is 0.322 e. The molecule has 1 N–H and O–H groups in total. The Labute approximate surface area is 107 Å². The van der Waals surface area contributed by atoms with Crippen LogP contribution in [-0.2, 0) is 9.53 Å². The highest BCUT2D eigenvalue weighted by Crippen LogP contribution is 2.32. The van der Waals surface area contributed by atoms with Crippen molar-refractivity contribution in [2.75, 3.05) is 19.8 Å². The first-order chi connectivity index (χ1) is 8.72. The average Bonchev–Trinajstić information content (AvgIpc) is 2.79. The summed E-state index contributed by atoms with van der Waals surface area (Å²) in [5, 5.41) is 3.20. The highest BCUT2D eigenvalue weighted by atomic mass is 16.5. The molecule has 1 aromatic carbocycles. The van der Waals surface area contributed by atoms with Crippen molar-refractivity contribution in [1.29, 1.82) is 0 Å². The van der Waals surface area contributed by atoms with Crippen LogP contribution in [0.25, 0.3) is 0 Å². The molecule has 0 radical (unpaired) electrons. The van der Waals surface area contributed by atoms with E-state index in [1.165, 1.54) is 5.56 Å². The van der Waals surface area contributed by atoms with Crippen LogP contribution >= 0.6 is 0 Å². The van der Waals surface area contributed by atoms with Crippen molar-refractivity contribution in [3.05, 3.63) is 29.8 Å².